The van der Waals surface area contributed by atoms with Gasteiger partial charge in [0.1, 0.15) is 17.2 Å². The van der Waals surface area contributed by atoms with E-state index in [1.165, 1.54) is 42.6 Å². The Bertz CT molecular complexity index is 1890. The first-order valence-electron chi connectivity index (χ1n) is 15.8. The van der Waals surface area contributed by atoms with Crippen LogP contribution >= 0.6 is 22.9 Å². The number of amides is 1. The normalized spacial score (nSPS) is 15.6. The van der Waals surface area contributed by atoms with Crippen LogP contribution in [0.3, 0.4) is 0 Å². The SMILES string of the molecule is COc1ccc(N(C)C(=O)c2ccc(OC(=O)C3CCC(C(=O)Oc4ccc(OC)cc4/C=C/C(=O)c4ccc(Cl)s4)CC3)c(OC)c2)cc1. The number of hydrogen-bond donors (Lipinski definition) is 0. The number of methoxy groups -OCH3 is 3. The van der Waals surface area contributed by atoms with Crippen LogP contribution in [0.4, 0.5) is 5.69 Å². The van der Waals surface area contributed by atoms with E-state index in [9.17, 15) is 19.2 Å². The van der Waals surface area contributed by atoms with Gasteiger partial charge < -0.3 is 28.6 Å². The fraction of sp³-hybridized carbons (Fsp3) is 0.263. The summed E-state index contributed by atoms with van der Waals surface area (Å²) in [5.74, 6) is -0.268. The Balaban J connectivity index is 1.17. The van der Waals surface area contributed by atoms with Crippen molar-refractivity contribution >= 4 is 58.3 Å². The number of carbonyl (C=O) groups excluding carboxylic acids is 4. The maximum atomic E-state index is 13.2. The van der Waals surface area contributed by atoms with Crippen molar-refractivity contribution in [3.05, 3.63) is 99.2 Å². The molecule has 4 aromatic rings. The molecular weight excluding hydrogens is 682 g/mol. The number of allylic oxidation sites excluding steroid dienone is 1. The highest BCUT2D eigenvalue weighted by atomic mass is 35.5. The maximum Gasteiger partial charge on any atom is 0.314 e. The van der Waals surface area contributed by atoms with Crippen molar-refractivity contribution in [1.82, 2.24) is 0 Å². The Morgan fingerprint density at radius 3 is 1.90 bits per heavy atom. The molecule has 3 aromatic carbocycles. The number of ketones is 1. The van der Waals surface area contributed by atoms with Gasteiger partial charge in [-0.2, -0.15) is 0 Å². The molecule has 1 aliphatic rings. The molecule has 0 spiro atoms. The van der Waals surface area contributed by atoms with E-state index in [2.05, 4.69) is 0 Å². The lowest BCUT2D eigenvalue weighted by atomic mass is 9.82. The minimum absolute atomic E-state index is 0.198. The standard InChI is InChI=1S/C38H36ClNO9S/c1-40(27-11-13-28(45-2)14-12-27)36(42)26-10-17-32(33(22-26)47-4)49-38(44)24-7-5-23(6-8-24)37(43)48-31-18-15-29(46-3)21-25(31)9-16-30(41)34-19-20-35(39)50-34/h9-24H,5-8H2,1-4H3/b16-9+. The summed E-state index contributed by atoms with van der Waals surface area (Å²) in [7, 11) is 6.19. The number of ether oxygens (including phenoxy) is 5. The first kappa shape index (κ1) is 36.2. The third-order valence-electron chi connectivity index (χ3n) is 8.44. The molecule has 0 atom stereocenters. The van der Waals surface area contributed by atoms with E-state index in [0.29, 0.717) is 63.2 Å². The fourth-order valence-corrected chi connectivity index (χ4v) is 6.48. The molecular formula is C38H36ClNO9S. The van der Waals surface area contributed by atoms with Gasteiger partial charge in [0.25, 0.3) is 5.91 Å². The Hall–Kier alpha value is -5.13. The summed E-state index contributed by atoms with van der Waals surface area (Å²) >= 11 is 7.14. The number of nitrogens with zero attached hydrogens (tertiary/aromatic N) is 1. The quantitative estimate of drug-likeness (QED) is 0.0623. The van der Waals surface area contributed by atoms with Gasteiger partial charge in [0.2, 0.25) is 0 Å². The van der Waals surface area contributed by atoms with E-state index in [0.717, 1.165) is 0 Å². The zero-order chi connectivity index (χ0) is 35.8. The highest BCUT2D eigenvalue weighted by molar-refractivity contribution is 7.18. The van der Waals surface area contributed by atoms with Crippen LogP contribution < -0.4 is 28.6 Å². The molecule has 5 rings (SSSR count). The highest BCUT2D eigenvalue weighted by Crippen LogP contribution is 2.35. The van der Waals surface area contributed by atoms with Crippen LogP contribution in [0.2, 0.25) is 4.34 Å². The number of carbonyl (C=O) groups is 4. The molecule has 0 saturated heterocycles. The van der Waals surface area contributed by atoms with Crippen LogP contribution in [-0.4, -0.2) is 52.0 Å². The molecule has 0 N–H and O–H groups in total. The van der Waals surface area contributed by atoms with Gasteiger partial charge in [-0.15, -0.1) is 11.3 Å². The fourth-order valence-electron chi connectivity index (χ4n) is 5.52. The summed E-state index contributed by atoms with van der Waals surface area (Å²) in [5, 5.41) is 0. The largest absolute Gasteiger partial charge is 0.497 e. The Morgan fingerprint density at radius 2 is 1.32 bits per heavy atom. The lowest BCUT2D eigenvalue weighted by Gasteiger charge is -2.26. The van der Waals surface area contributed by atoms with Crippen molar-refractivity contribution in [2.45, 2.75) is 25.7 Å². The van der Waals surface area contributed by atoms with Gasteiger partial charge >= 0.3 is 11.9 Å². The number of hydrogen-bond acceptors (Lipinski definition) is 10. The molecule has 1 aliphatic carbocycles. The number of rotatable bonds is 12. The second-order valence-corrected chi connectivity index (χ2v) is 13.2. The van der Waals surface area contributed by atoms with Gasteiger partial charge in [-0.25, -0.2) is 0 Å². The molecule has 1 aromatic heterocycles. The summed E-state index contributed by atoms with van der Waals surface area (Å²) < 4.78 is 28.0. The first-order valence-corrected chi connectivity index (χ1v) is 17.0. The lowest BCUT2D eigenvalue weighted by Crippen LogP contribution is -2.30. The van der Waals surface area contributed by atoms with E-state index < -0.39 is 23.8 Å². The molecule has 260 valence electrons. The van der Waals surface area contributed by atoms with Crippen molar-refractivity contribution in [2.24, 2.45) is 11.8 Å². The second kappa shape index (κ2) is 16.5. The highest BCUT2D eigenvalue weighted by Gasteiger charge is 2.33. The second-order valence-electron chi connectivity index (χ2n) is 11.5. The molecule has 1 fully saturated rings. The number of esters is 2. The number of halogens is 1. The molecule has 0 bridgehead atoms. The minimum atomic E-state index is -0.441. The monoisotopic (exact) mass is 717 g/mol. The summed E-state index contributed by atoms with van der Waals surface area (Å²) in [6.45, 7) is 0. The van der Waals surface area contributed by atoms with E-state index in [1.54, 1.807) is 87.0 Å². The van der Waals surface area contributed by atoms with Crippen LogP contribution in [0.1, 0.15) is 51.3 Å². The molecule has 0 radical (unpaired) electrons. The van der Waals surface area contributed by atoms with Crippen molar-refractivity contribution < 1.29 is 42.9 Å². The molecule has 1 heterocycles. The van der Waals surface area contributed by atoms with E-state index in [-0.39, 0.29) is 28.9 Å². The minimum Gasteiger partial charge on any atom is -0.497 e. The van der Waals surface area contributed by atoms with Crippen molar-refractivity contribution in [1.29, 1.82) is 0 Å². The Kier molecular flexibility index (Phi) is 11.9. The lowest BCUT2D eigenvalue weighted by molar-refractivity contribution is -0.145. The topological polar surface area (TPSA) is 118 Å². The van der Waals surface area contributed by atoms with E-state index in [1.807, 2.05) is 0 Å². The Labute approximate surface area is 299 Å². The van der Waals surface area contributed by atoms with Crippen LogP contribution in [0.15, 0.2) is 78.9 Å². The summed E-state index contributed by atoms with van der Waals surface area (Å²) in [6.07, 6.45) is 4.69. The van der Waals surface area contributed by atoms with Crippen molar-refractivity contribution in [3.8, 4) is 28.7 Å². The van der Waals surface area contributed by atoms with Crippen molar-refractivity contribution in [2.75, 3.05) is 33.3 Å². The van der Waals surface area contributed by atoms with Crippen LogP contribution in [0, 0.1) is 11.8 Å². The molecule has 50 heavy (non-hydrogen) atoms. The zero-order valence-electron chi connectivity index (χ0n) is 28.0. The van der Waals surface area contributed by atoms with E-state index in [4.69, 9.17) is 35.3 Å². The van der Waals surface area contributed by atoms with Crippen LogP contribution in [0.25, 0.3) is 6.08 Å². The van der Waals surface area contributed by atoms with E-state index >= 15 is 0 Å². The zero-order valence-corrected chi connectivity index (χ0v) is 29.5. The first-order chi connectivity index (χ1) is 24.1. The van der Waals surface area contributed by atoms with Gasteiger partial charge in [0.15, 0.2) is 17.3 Å². The predicted molar refractivity (Wildman–Crippen MR) is 191 cm³/mol. The van der Waals surface area contributed by atoms with Gasteiger partial charge in [0.05, 0.1) is 42.4 Å². The average Bonchev–Trinajstić information content (AvgIpc) is 3.60. The molecule has 1 amide bonds. The van der Waals surface area contributed by atoms with Gasteiger partial charge in [-0.1, -0.05) is 11.6 Å². The van der Waals surface area contributed by atoms with Crippen molar-refractivity contribution in [3.63, 3.8) is 0 Å². The van der Waals surface area contributed by atoms with Gasteiger partial charge in [-0.3, -0.25) is 19.2 Å². The third-order valence-corrected chi connectivity index (χ3v) is 9.68. The molecule has 1 saturated carbocycles. The number of anilines is 1. The van der Waals surface area contributed by atoms with Gasteiger partial charge in [0, 0.05) is 23.9 Å². The summed E-state index contributed by atoms with van der Waals surface area (Å²) in [6, 6.07) is 20.0. The molecule has 10 nitrogen and oxygen atoms in total. The molecule has 0 unspecified atom stereocenters. The van der Waals surface area contributed by atoms with Crippen LogP contribution in [0.5, 0.6) is 28.7 Å². The smallest absolute Gasteiger partial charge is 0.314 e. The van der Waals surface area contributed by atoms with Crippen LogP contribution in [-0.2, 0) is 9.59 Å². The average molecular weight is 718 g/mol. The summed E-state index contributed by atoms with van der Waals surface area (Å²) in [5.41, 5.74) is 1.53. The molecule has 12 heteroatoms. The van der Waals surface area contributed by atoms with Gasteiger partial charge in [-0.05, 0) is 111 Å². The summed E-state index contributed by atoms with van der Waals surface area (Å²) in [4.78, 5) is 54.1. The Morgan fingerprint density at radius 1 is 0.720 bits per heavy atom. The third kappa shape index (κ3) is 8.71. The number of benzene rings is 3. The molecule has 0 aliphatic heterocycles. The maximum absolute atomic E-state index is 13.2. The predicted octanol–water partition coefficient (Wildman–Crippen LogP) is 7.92. The number of thiophene rings is 1.